The van der Waals surface area contributed by atoms with Crippen LogP contribution in [0, 0.1) is 5.82 Å². The van der Waals surface area contributed by atoms with Gasteiger partial charge in [0.15, 0.2) is 0 Å². The van der Waals surface area contributed by atoms with Crippen molar-refractivity contribution in [3.63, 3.8) is 0 Å². The highest BCUT2D eigenvalue weighted by molar-refractivity contribution is 6.01. The number of ether oxygens (including phenoxy) is 1. The van der Waals surface area contributed by atoms with Crippen LogP contribution in [0.3, 0.4) is 0 Å². The molecule has 5 heteroatoms. The molecule has 124 valence electrons. The Morgan fingerprint density at radius 3 is 2.44 bits per heavy atom. The van der Waals surface area contributed by atoms with Crippen LogP contribution in [-0.4, -0.2) is 10.9 Å². The summed E-state index contributed by atoms with van der Waals surface area (Å²) in [6.45, 7) is 0. The van der Waals surface area contributed by atoms with Gasteiger partial charge in [0.1, 0.15) is 11.6 Å². The number of hydrogen-bond acceptors (Lipinski definition) is 3. The van der Waals surface area contributed by atoms with Gasteiger partial charge in [-0.3, -0.25) is 4.79 Å². The molecule has 0 saturated carbocycles. The maximum absolute atomic E-state index is 12.8. The SMILES string of the molecule is O=C(/C=C/c1ccc(F)cc1)Nc1ccc(Oc2ccccc2)nc1. The van der Waals surface area contributed by atoms with Crippen molar-refractivity contribution >= 4 is 17.7 Å². The fraction of sp³-hybridized carbons (Fsp3) is 0. The molecule has 0 aliphatic heterocycles. The number of amides is 1. The standard InChI is InChI=1S/C20H15FN2O2/c21-16-9-6-15(7-10-16)8-12-19(24)23-17-11-13-20(22-14-17)25-18-4-2-1-3-5-18/h1-14H,(H,23,24)/b12-8+. The number of carbonyl (C=O) groups is 1. The molecule has 2 aromatic carbocycles. The van der Waals surface area contributed by atoms with Gasteiger partial charge in [0.05, 0.1) is 11.9 Å². The molecule has 0 aliphatic carbocycles. The van der Waals surface area contributed by atoms with Crippen LogP contribution in [0.4, 0.5) is 10.1 Å². The Kier molecular flexibility index (Phi) is 5.16. The number of anilines is 1. The molecule has 0 spiro atoms. The van der Waals surface area contributed by atoms with Crippen LogP contribution >= 0.6 is 0 Å². The third-order valence-electron chi connectivity index (χ3n) is 3.27. The molecule has 0 radical (unpaired) electrons. The Morgan fingerprint density at radius 1 is 1.00 bits per heavy atom. The molecule has 1 aromatic heterocycles. The number of benzene rings is 2. The second kappa shape index (κ2) is 7.88. The zero-order chi connectivity index (χ0) is 17.5. The van der Waals surface area contributed by atoms with E-state index in [4.69, 9.17) is 4.74 Å². The predicted molar refractivity (Wildman–Crippen MR) is 94.8 cm³/mol. The van der Waals surface area contributed by atoms with Crippen molar-refractivity contribution in [2.75, 3.05) is 5.32 Å². The molecule has 0 fully saturated rings. The summed E-state index contributed by atoms with van der Waals surface area (Å²) in [5.74, 6) is 0.508. The molecular formula is C20H15FN2O2. The second-order valence-electron chi connectivity index (χ2n) is 5.17. The quantitative estimate of drug-likeness (QED) is 0.690. The summed E-state index contributed by atoms with van der Waals surface area (Å²) in [5.41, 5.74) is 1.29. The van der Waals surface area contributed by atoms with Crippen LogP contribution in [0.1, 0.15) is 5.56 Å². The first kappa shape index (κ1) is 16.4. The molecule has 0 atom stereocenters. The fourth-order valence-corrected chi connectivity index (χ4v) is 2.05. The number of carbonyl (C=O) groups excluding carboxylic acids is 1. The van der Waals surface area contributed by atoms with E-state index in [1.54, 1.807) is 30.3 Å². The number of pyridine rings is 1. The molecule has 0 unspecified atom stereocenters. The Morgan fingerprint density at radius 2 is 1.76 bits per heavy atom. The molecule has 0 aliphatic rings. The molecule has 1 amide bonds. The lowest BCUT2D eigenvalue weighted by atomic mass is 10.2. The zero-order valence-electron chi connectivity index (χ0n) is 13.2. The third-order valence-corrected chi connectivity index (χ3v) is 3.27. The number of halogens is 1. The average Bonchev–Trinajstić information content (AvgIpc) is 2.64. The highest BCUT2D eigenvalue weighted by Gasteiger charge is 2.01. The van der Waals surface area contributed by atoms with Crippen molar-refractivity contribution in [3.05, 3.63) is 90.4 Å². The highest BCUT2D eigenvalue weighted by atomic mass is 19.1. The molecule has 1 N–H and O–H groups in total. The molecule has 0 saturated heterocycles. The molecule has 3 rings (SSSR count). The van der Waals surface area contributed by atoms with E-state index in [-0.39, 0.29) is 11.7 Å². The minimum atomic E-state index is -0.314. The largest absolute Gasteiger partial charge is 0.439 e. The minimum Gasteiger partial charge on any atom is -0.439 e. The van der Waals surface area contributed by atoms with Gasteiger partial charge < -0.3 is 10.1 Å². The van der Waals surface area contributed by atoms with Crippen LogP contribution in [0.2, 0.25) is 0 Å². The Hall–Kier alpha value is -3.47. The van der Waals surface area contributed by atoms with Gasteiger partial charge in [-0.2, -0.15) is 0 Å². The lowest BCUT2D eigenvalue weighted by molar-refractivity contribution is -0.111. The van der Waals surface area contributed by atoms with Gasteiger partial charge in [-0.1, -0.05) is 30.3 Å². The average molecular weight is 334 g/mol. The van der Waals surface area contributed by atoms with Gasteiger partial charge >= 0.3 is 0 Å². The summed E-state index contributed by atoms with van der Waals surface area (Å²) >= 11 is 0. The number of nitrogens with one attached hydrogen (secondary N) is 1. The molecule has 0 bridgehead atoms. The van der Waals surface area contributed by atoms with Crippen molar-refractivity contribution in [1.82, 2.24) is 4.98 Å². The smallest absolute Gasteiger partial charge is 0.248 e. The first-order chi connectivity index (χ1) is 12.2. The molecule has 3 aromatic rings. The number of rotatable bonds is 5. The van der Waals surface area contributed by atoms with Gasteiger partial charge in [0, 0.05) is 12.1 Å². The van der Waals surface area contributed by atoms with Gasteiger partial charge in [0.25, 0.3) is 0 Å². The van der Waals surface area contributed by atoms with E-state index in [0.717, 1.165) is 5.56 Å². The van der Waals surface area contributed by atoms with E-state index in [1.165, 1.54) is 24.4 Å². The number of para-hydroxylation sites is 1. The Labute approximate surface area is 144 Å². The molecular weight excluding hydrogens is 319 g/mol. The normalized spacial score (nSPS) is 10.6. The zero-order valence-corrected chi connectivity index (χ0v) is 13.2. The molecule has 1 heterocycles. The third kappa shape index (κ3) is 5.00. The van der Waals surface area contributed by atoms with Crippen molar-refractivity contribution in [3.8, 4) is 11.6 Å². The van der Waals surface area contributed by atoms with Crippen LogP contribution in [0.15, 0.2) is 79.0 Å². The van der Waals surface area contributed by atoms with Gasteiger partial charge in [-0.05, 0) is 42.0 Å². The Bertz CT molecular complexity index is 860. The maximum Gasteiger partial charge on any atom is 0.248 e. The van der Waals surface area contributed by atoms with E-state index >= 15 is 0 Å². The first-order valence-corrected chi connectivity index (χ1v) is 7.63. The molecule has 4 nitrogen and oxygen atoms in total. The van der Waals surface area contributed by atoms with E-state index in [2.05, 4.69) is 10.3 Å². The van der Waals surface area contributed by atoms with Crippen molar-refractivity contribution in [1.29, 1.82) is 0 Å². The minimum absolute atomic E-state index is 0.303. The topological polar surface area (TPSA) is 51.2 Å². The van der Waals surface area contributed by atoms with E-state index in [9.17, 15) is 9.18 Å². The predicted octanol–water partition coefficient (Wildman–Crippen LogP) is 4.66. The first-order valence-electron chi connectivity index (χ1n) is 7.63. The maximum atomic E-state index is 12.8. The van der Waals surface area contributed by atoms with Crippen LogP contribution in [-0.2, 0) is 4.79 Å². The monoisotopic (exact) mass is 334 g/mol. The second-order valence-corrected chi connectivity index (χ2v) is 5.17. The summed E-state index contributed by atoms with van der Waals surface area (Å²) in [5, 5.41) is 2.70. The van der Waals surface area contributed by atoms with Crippen molar-refractivity contribution < 1.29 is 13.9 Å². The van der Waals surface area contributed by atoms with Gasteiger partial charge in [0.2, 0.25) is 11.8 Å². The van der Waals surface area contributed by atoms with Crippen LogP contribution in [0.25, 0.3) is 6.08 Å². The summed E-state index contributed by atoms with van der Waals surface area (Å²) < 4.78 is 18.4. The number of hydrogen-bond donors (Lipinski definition) is 1. The Balaban J connectivity index is 1.57. The summed E-state index contributed by atoms with van der Waals surface area (Å²) in [4.78, 5) is 16.0. The number of aromatic nitrogens is 1. The van der Waals surface area contributed by atoms with Crippen molar-refractivity contribution in [2.24, 2.45) is 0 Å². The van der Waals surface area contributed by atoms with Gasteiger partial charge in [-0.15, -0.1) is 0 Å². The van der Waals surface area contributed by atoms with Crippen LogP contribution < -0.4 is 10.1 Å². The number of nitrogens with zero attached hydrogens (tertiary/aromatic N) is 1. The van der Waals surface area contributed by atoms with E-state index in [1.807, 2.05) is 30.3 Å². The van der Waals surface area contributed by atoms with Crippen LogP contribution in [0.5, 0.6) is 11.6 Å². The highest BCUT2D eigenvalue weighted by Crippen LogP contribution is 2.19. The summed E-state index contributed by atoms with van der Waals surface area (Å²) in [7, 11) is 0. The van der Waals surface area contributed by atoms with Gasteiger partial charge in [-0.25, -0.2) is 9.37 Å². The lowest BCUT2D eigenvalue weighted by Crippen LogP contribution is -2.07. The summed E-state index contributed by atoms with van der Waals surface area (Å²) in [6.07, 6.45) is 4.50. The van der Waals surface area contributed by atoms with Crippen molar-refractivity contribution in [2.45, 2.75) is 0 Å². The lowest BCUT2D eigenvalue weighted by Gasteiger charge is -2.06. The fourth-order valence-electron chi connectivity index (χ4n) is 2.05. The summed E-state index contributed by atoms with van der Waals surface area (Å²) in [6, 6.07) is 18.6. The molecule has 25 heavy (non-hydrogen) atoms. The van der Waals surface area contributed by atoms with E-state index in [0.29, 0.717) is 17.3 Å². The van der Waals surface area contributed by atoms with E-state index < -0.39 is 0 Å².